The summed E-state index contributed by atoms with van der Waals surface area (Å²) >= 11 is 0. The van der Waals surface area contributed by atoms with Crippen LogP contribution in [0.4, 0.5) is 0 Å². The molecule has 0 spiro atoms. The fraction of sp³-hybridized carbons (Fsp3) is 0.318. The zero-order valence-corrected chi connectivity index (χ0v) is 19.3. The number of nitrogens with one attached hydrogen (secondary N) is 2. The predicted molar refractivity (Wildman–Crippen MR) is 126 cm³/mol. The first kappa shape index (κ1) is 22.9. The van der Waals surface area contributed by atoms with Gasteiger partial charge in [-0.25, -0.2) is 0 Å². The summed E-state index contributed by atoms with van der Waals surface area (Å²) in [5.41, 5.74) is 2.12. The maximum atomic E-state index is 12.4. The van der Waals surface area contributed by atoms with Crippen molar-refractivity contribution in [3.63, 3.8) is 0 Å². The smallest absolute Gasteiger partial charge is 0.261 e. The van der Waals surface area contributed by atoms with E-state index in [0.29, 0.717) is 30.2 Å². The Morgan fingerprint density at radius 3 is 2.03 bits per heavy atom. The van der Waals surface area contributed by atoms with Crippen molar-refractivity contribution in [1.82, 2.24) is 15.5 Å². The van der Waals surface area contributed by atoms with Gasteiger partial charge >= 0.3 is 0 Å². The Bertz CT molecular complexity index is 862. The normalized spacial score (nSPS) is 13.8. The summed E-state index contributed by atoms with van der Waals surface area (Å²) in [6.45, 7) is 5.75. The summed E-state index contributed by atoms with van der Waals surface area (Å²) in [7, 11) is 1.70. The van der Waals surface area contributed by atoms with Crippen LogP contribution >= 0.6 is 24.0 Å². The first-order valence-electron chi connectivity index (χ1n) is 9.39. The van der Waals surface area contributed by atoms with Gasteiger partial charge in [0.25, 0.3) is 11.8 Å². The van der Waals surface area contributed by atoms with Gasteiger partial charge in [-0.2, -0.15) is 0 Å². The van der Waals surface area contributed by atoms with E-state index in [0.717, 1.165) is 0 Å². The third-order valence-electron chi connectivity index (χ3n) is 4.98. The molecule has 3 rings (SSSR count). The summed E-state index contributed by atoms with van der Waals surface area (Å²) in [4.78, 5) is 30.3. The second-order valence-corrected chi connectivity index (χ2v) is 7.41. The molecule has 6 nitrogen and oxygen atoms in total. The van der Waals surface area contributed by atoms with Crippen molar-refractivity contribution in [1.29, 1.82) is 0 Å². The molecule has 1 aliphatic heterocycles. The van der Waals surface area contributed by atoms with Crippen molar-refractivity contribution in [3.05, 3.63) is 71.3 Å². The Labute approximate surface area is 188 Å². The quantitative estimate of drug-likeness (QED) is 0.274. The monoisotopic (exact) mass is 506 g/mol. The molecule has 1 aliphatic rings. The Kier molecular flexibility index (Phi) is 7.78. The van der Waals surface area contributed by atoms with E-state index in [9.17, 15) is 9.59 Å². The molecule has 2 amide bonds. The van der Waals surface area contributed by atoms with Crippen LogP contribution in [0.15, 0.2) is 59.6 Å². The molecule has 0 bridgehead atoms. The number of carbonyl (C=O) groups is 2. The van der Waals surface area contributed by atoms with E-state index < -0.39 is 0 Å². The maximum absolute atomic E-state index is 12.4. The number of guanidine groups is 1. The number of benzene rings is 2. The molecule has 154 valence electrons. The van der Waals surface area contributed by atoms with Gasteiger partial charge in [-0.05, 0) is 17.7 Å². The lowest BCUT2D eigenvalue weighted by Gasteiger charge is -2.27. The first-order valence-corrected chi connectivity index (χ1v) is 9.39. The minimum absolute atomic E-state index is 0. The maximum Gasteiger partial charge on any atom is 0.261 e. The summed E-state index contributed by atoms with van der Waals surface area (Å²) < 4.78 is 0. The van der Waals surface area contributed by atoms with E-state index in [1.807, 2.05) is 18.2 Å². The molecule has 2 N–H and O–H groups in total. The van der Waals surface area contributed by atoms with Gasteiger partial charge < -0.3 is 10.6 Å². The van der Waals surface area contributed by atoms with Gasteiger partial charge in [-0.1, -0.05) is 56.3 Å². The molecule has 0 saturated carbocycles. The lowest BCUT2D eigenvalue weighted by Crippen LogP contribution is -2.46. The van der Waals surface area contributed by atoms with E-state index >= 15 is 0 Å². The number of fused-ring (bicyclic) bond motifs is 1. The average Bonchev–Trinajstić information content (AvgIpc) is 2.96. The standard InChI is InChI=1S/C22H26N4O2.HI/c1-22(2,16-9-5-4-6-10-16)15-25-21(23-3)24-13-14-26-19(27)17-11-7-8-12-18(17)20(26)28;/h4-12H,13-15H2,1-3H3,(H2,23,24,25);1H. The summed E-state index contributed by atoms with van der Waals surface area (Å²) in [5, 5.41) is 6.50. The highest BCUT2D eigenvalue weighted by atomic mass is 127. The molecule has 0 saturated heterocycles. The van der Waals surface area contributed by atoms with Crippen LogP contribution in [0, 0.1) is 0 Å². The number of hydrogen-bond donors (Lipinski definition) is 2. The van der Waals surface area contributed by atoms with Gasteiger partial charge in [-0.3, -0.25) is 19.5 Å². The molecule has 2 aromatic carbocycles. The van der Waals surface area contributed by atoms with Crippen LogP contribution in [0.1, 0.15) is 40.1 Å². The topological polar surface area (TPSA) is 73.8 Å². The van der Waals surface area contributed by atoms with Crippen molar-refractivity contribution in [2.75, 3.05) is 26.7 Å². The fourth-order valence-electron chi connectivity index (χ4n) is 3.25. The minimum Gasteiger partial charge on any atom is -0.356 e. The van der Waals surface area contributed by atoms with Gasteiger partial charge in [-0.15, -0.1) is 24.0 Å². The number of amides is 2. The lowest BCUT2D eigenvalue weighted by molar-refractivity contribution is 0.0657. The van der Waals surface area contributed by atoms with Crippen molar-refractivity contribution < 1.29 is 9.59 Å². The zero-order chi connectivity index (χ0) is 20.1. The third-order valence-corrected chi connectivity index (χ3v) is 4.98. The number of hydrogen-bond acceptors (Lipinski definition) is 3. The highest BCUT2D eigenvalue weighted by molar-refractivity contribution is 14.0. The van der Waals surface area contributed by atoms with Crippen LogP contribution in [0.25, 0.3) is 0 Å². The number of halogens is 1. The summed E-state index contributed by atoms with van der Waals surface area (Å²) in [5.74, 6) is 0.159. The molecule has 1 heterocycles. The molecule has 0 aliphatic carbocycles. The van der Waals surface area contributed by atoms with Crippen molar-refractivity contribution in [2.24, 2.45) is 4.99 Å². The zero-order valence-electron chi connectivity index (χ0n) is 16.9. The van der Waals surface area contributed by atoms with Crippen LogP contribution in [0.2, 0.25) is 0 Å². The molecular weight excluding hydrogens is 479 g/mol. The Balaban J connectivity index is 0.00000300. The molecule has 7 heteroatoms. The van der Waals surface area contributed by atoms with Crippen LogP contribution in [0.3, 0.4) is 0 Å². The molecule has 29 heavy (non-hydrogen) atoms. The number of nitrogens with zero attached hydrogens (tertiary/aromatic N) is 2. The number of imide groups is 1. The average molecular weight is 506 g/mol. The first-order chi connectivity index (χ1) is 13.4. The Hall–Kier alpha value is -2.42. The highest BCUT2D eigenvalue weighted by Gasteiger charge is 2.34. The largest absolute Gasteiger partial charge is 0.356 e. The fourth-order valence-corrected chi connectivity index (χ4v) is 3.25. The van der Waals surface area contributed by atoms with Gasteiger partial charge in [0, 0.05) is 32.1 Å². The minimum atomic E-state index is -0.240. The van der Waals surface area contributed by atoms with E-state index in [1.54, 1.807) is 31.3 Å². The molecule has 0 fully saturated rings. The van der Waals surface area contributed by atoms with Gasteiger partial charge in [0.05, 0.1) is 11.1 Å². The van der Waals surface area contributed by atoms with Crippen molar-refractivity contribution >= 4 is 41.8 Å². The van der Waals surface area contributed by atoms with E-state index in [1.165, 1.54) is 10.5 Å². The van der Waals surface area contributed by atoms with Gasteiger partial charge in [0.1, 0.15) is 0 Å². The number of rotatable bonds is 6. The van der Waals surface area contributed by atoms with E-state index in [-0.39, 0.29) is 47.8 Å². The number of carbonyl (C=O) groups excluding carboxylic acids is 2. The van der Waals surface area contributed by atoms with Gasteiger partial charge in [0.2, 0.25) is 0 Å². The highest BCUT2D eigenvalue weighted by Crippen LogP contribution is 2.22. The van der Waals surface area contributed by atoms with Crippen molar-refractivity contribution in [2.45, 2.75) is 19.3 Å². The van der Waals surface area contributed by atoms with E-state index in [4.69, 9.17) is 0 Å². The summed E-state index contributed by atoms with van der Waals surface area (Å²) in [6, 6.07) is 17.2. The molecule has 0 atom stereocenters. The van der Waals surface area contributed by atoms with Crippen molar-refractivity contribution in [3.8, 4) is 0 Å². The predicted octanol–water partition coefficient (Wildman–Crippen LogP) is 3.04. The second kappa shape index (κ2) is 9.87. The lowest BCUT2D eigenvalue weighted by atomic mass is 9.85. The Morgan fingerprint density at radius 1 is 0.931 bits per heavy atom. The van der Waals surface area contributed by atoms with Crippen LogP contribution in [-0.2, 0) is 5.41 Å². The molecule has 0 unspecified atom stereocenters. The molecule has 2 aromatic rings. The van der Waals surface area contributed by atoms with Crippen LogP contribution in [-0.4, -0.2) is 49.4 Å². The Morgan fingerprint density at radius 2 is 1.48 bits per heavy atom. The SMILES string of the molecule is CN=C(NCCN1C(=O)c2ccccc2C1=O)NCC(C)(C)c1ccccc1.I. The second-order valence-electron chi connectivity index (χ2n) is 7.41. The molecule has 0 aromatic heterocycles. The third kappa shape index (κ3) is 5.14. The van der Waals surface area contributed by atoms with Crippen LogP contribution < -0.4 is 10.6 Å². The molecular formula is C22H27IN4O2. The summed E-state index contributed by atoms with van der Waals surface area (Å²) in [6.07, 6.45) is 0. The van der Waals surface area contributed by atoms with Gasteiger partial charge in [0.15, 0.2) is 5.96 Å². The molecule has 0 radical (unpaired) electrons. The van der Waals surface area contributed by atoms with Crippen LogP contribution in [0.5, 0.6) is 0 Å². The number of aliphatic imine (C=N–C) groups is 1. The van der Waals surface area contributed by atoms with E-state index in [2.05, 4.69) is 41.6 Å².